The smallest absolute Gasteiger partial charge is 0.273 e. The Labute approximate surface area is 192 Å². The lowest BCUT2D eigenvalue weighted by Crippen LogP contribution is -2.29. The molecule has 1 aliphatic heterocycles. The molecule has 9 heteroatoms. The van der Waals surface area contributed by atoms with Gasteiger partial charge < -0.3 is 19.5 Å². The molecule has 0 radical (unpaired) electrons. The molecule has 0 saturated carbocycles. The number of thiocarbonyl (C=S) groups is 1. The fourth-order valence-corrected chi connectivity index (χ4v) is 4.88. The number of likely N-dealkylation sites (N-methyl/N-ethyl adjacent to an activating group) is 1. The predicted molar refractivity (Wildman–Crippen MR) is 126 cm³/mol. The second-order valence-electron chi connectivity index (χ2n) is 7.69. The lowest BCUT2D eigenvalue weighted by molar-refractivity contribution is -0.384. The van der Waals surface area contributed by atoms with E-state index in [-0.39, 0.29) is 17.8 Å². The number of rotatable bonds is 6. The summed E-state index contributed by atoms with van der Waals surface area (Å²) < 4.78 is 7.58. The van der Waals surface area contributed by atoms with Crippen molar-refractivity contribution in [3.8, 4) is 11.4 Å². The number of hydrogen-bond donors (Lipinski definition) is 1. The molecular formula is C23H25N5O3S. The molecule has 1 aromatic carbocycles. The SMILES string of the molecule is CCN1C(=S)N[C@@H](c2ccccn2)[C@@H]1c1cc(C)n(-c2ccc([N+](=O)[O-])cc2OC)c1C. The highest BCUT2D eigenvalue weighted by Gasteiger charge is 2.40. The van der Waals surface area contributed by atoms with Crippen LogP contribution in [0.15, 0.2) is 48.7 Å². The monoisotopic (exact) mass is 451 g/mol. The minimum absolute atomic E-state index is 0.00833. The fraction of sp³-hybridized carbons (Fsp3) is 0.304. The standard InChI is InChI=1S/C23H25N5O3S/c1-5-26-22(21(25-23(26)32)18-8-6-7-11-24-18)17-12-14(2)27(15(17)3)19-10-9-16(28(29)30)13-20(19)31-4/h6-13,21-22H,5H2,1-4H3,(H,25,32)/t21-,22-/m0/s1. The summed E-state index contributed by atoms with van der Waals surface area (Å²) in [5.41, 5.74) is 4.81. The third-order valence-electron chi connectivity index (χ3n) is 5.94. The number of benzene rings is 1. The van der Waals surface area contributed by atoms with E-state index in [0.717, 1.165) is 34.9 Å². The minimum Gasteiger partial charge on any atom is -0.494 e. The van der Waals surface area contributed by atoms with E-state index in [4.69, 9.17) is 17.0 Å². The fourth-order valence-electron chi connectivity index (χ4n) is 4.51. The van der Waals surface area contributed by atoms with Crippen molar-refractivity contribution < 1.29 is 9.66 Å². The van der Waals surface area contributed by atoms with Crippen LogP contribution in [0.25, 0.3) is 5.69 Å². The van der Waals surface area contributed by atoms with Crippen LogP contribution in [0.4, 0.5) is 5.69 Å². The first kappa shape index (κ1) is 21.8. The first-order chi connectivity index (χ1) is 15.4. The highest BCUT2D eigenvalue weighted by atomic mass is 32.1. The zero-order chi connectivity index (χ0) is 23.0. The maximum atomic E-state index is 11.2. The number of nitrogens with zero attached hydrogens (tertiary/aromatic N) is 4. The molecule has 32 heavy (non-hydrogen) atoms. The van der Waals surface area contributed by atoms with Gasteiger partial charge in [-0.3, -0.25) is 15.1 Å². The molecule has 1 fully saturated rings. The normalized spacial score (nSPS) is 18.0. The van der Waals surface area contributed by atoms with Gasteiger partial charge in [0.2, 0.25) is 0 Å². The van der Waals surface area contributed by atoms with Crippen molar-refractivity contribution in [2.24, 2.45) is 0 Å². The maximum absolute atomic E-state index is 11.2. The molecule has 1 aliphatic rings. The average Bonchev–Trinajstić information content (AvgIpc) is 3.28. The summed E-state index contributed by atoms with van der Waals surface area (Å²) in [6, 6.07) is 12.6. The second-order valence-corrected chi connectivity index (χ2v) is 8.07. The van der Waals surface area contributed by atoms with E-state index >= 15 is 0 Å². The summed E-state index contributed by atoms with van der Waals surface area (Å²) in [7, 11) is 1.52. The molecule has 3 aromatic rings. The van der Waals surface area contributed by atoms with Gasteiger partial charge in [-0.25, -0.2) is 0 Å². The number of aryl methyl sites for hydroxylation is 1. The van der Waals surface area contributed by atoms with Crippen molar-refractivity contribution in [3.63, 3.8) is 0 Å². The lowest BCUT2D eigenvalue weighted by atomic mass is 9.97. The number of nitro benzene ring substituents is 1. The van der Waals surface area contributed by atoms with Gasteiger partial charge in [0.1, 0.15) is 5.75 Å². The Balaban J connectivity index is 1.85. The molecule has 3 heterocycles. The van der Waals surface area contributed by atoms with E-state index in [1.807, 2.05) is 32.0 Å². The molecule has 1 N–H and O–H groups in total. The lowest BCUT2D eigenvalue weighted by Gasteiger charge is -2.27. The van der Waals surface area contributed by atoms with E-state index < -0.39 is 4.92 Å². The molecule has 0 spiro atoms. The van der Waals surface area contributed by atoms with Crippen LogP contribution in [-0.2, 0) is 0 Å². The number of methoxy groups -OCH3 is 1. The van der Waals surface area contributed by atoms with Gasteiger partial charge in [0.25, 0.3) is 5.69 Å². The Morgan fingerprint density at radius 2 is 2.03 bits per heavy atom. The van der Waals surface area contributed by atoms with Crippen LogP contribution in [0, 0.1) is 24.0 Å². The van der Waals surface area contributed by atoms with Crippen LogP contribution in [-0.4, -0.2) is 38.1 Å². The first-order valence-corrected chi connectivity index (χ1v) is 10.8. The van der Waals surface area contributed by atoms with Gasteiger partial charge >= 0.3 is 0 Å². The Kier molecular flexibility index (Phi) is 5.84. The van der Waals surface area contributed by atoms with Gasteiger partial charge in [0, 0.05) is 30.2 Å². The predicted octanol–water partition coefficient (Wildman–Crippen LogP) is 4.40. The summed E-state index contributed by atoms with van der Waals surface area (Å²) in [6.45, 7) is 6.91. The Morgan fingerprint density at radius 1 is 1.25 bits per heavy atom. The van der Waals surface area contributed by atoms with E-state index in [1.165, 1.54) is 19.2 Å². The summed E-state index contributed by atoms with van der Waals surface area (Å²) in [5.74, 6) is 0.446. The van der Waals surface area contributed by atoms with Gasteiger partial charge in [-0.2, -0.15) is 0 Å². The molecule has 166 valence electrons. The summed E-state index contributed by atoms with van der Waals surface area (Å²) in [6.07, 6.45) is 1.79. The molecule has 4 rings (SSSR count). The van der Waals surface area contributed by atoms with Gasteiger partial charge in [-0.15, -0.1) is 0 Å². The van der Waals surface area contributed by atoms with Crippen LogP contribution in [0.1, 0.15) is 41.7 Å². The van der Waals surface area contributed by atoms with Gasteiger partial charge in [0.05, 0.1) is 41.6 Å². The molecule has 2 atom stereocenters. The van der Waals surface area contributed by atoms with Crippen molar-refractivity contribution in [2.75, 3.05) is 13.7 Å². The summed E-state index contributed by atoms with van der Waals surface area (Å²) >= 11 is 5.64. The van der Waals surface area contributed by atoms with E-state index in [2.05, 4.69) is 32.8 Å². The van der Waals surface area contributed by atoms with E-state index in [1.54, 1.807) is 12.3 Å². The van der Waals surface area contributed by atoms with Crippen LogP contribution >= 0.6 is 12.2 Å². The zero-order valence-electron chi connectivity index (χ0n) is 18.4. The summed E-state index contributed by atoms with van der Waals surface area (Å²) in [4.78, 5) is 17.5. The molecule has 0 amide bonds. The van der Waals surface area contributed by atoms with Crippen molar-refractivity contribution in [1.29, 1.82) is 0 Å². The molecule has 0 aliphatic carbocycles. The van der Waals surface area contributed by atoms with Crippen LogP contribution in [0.3, 0.4) is 0 Å². The van der Waals surface area contributed by atoms with E-state index in [0.29, 0.717) is 10.9 Å². The van der Waals surface area contributed by atoms with Crippen molar-refractivity contribution in [3.05, 3.63) is 81.4 Å². The van der Waals surface area contributed by atoms with E-state index in [9.17, 15) is 10.1 Å². The van der Waals surface area contributed by atoms with Crippen LogP contribution in [0.2, 0.25) is 0 Å². The van der Waals surface area contributed by atoms with Gasteiger partial charge in [-0.05, 0) is 62.8 Å². The maximum Gasteiger partial charge on any atom is 0.273 e. The Bertz CT molecular complexity index is 1180. The first-order valence-electron chi connectivity index (χ1n) is 10.4. The van der Waals surface area contributed by atoms with Crippen molar-refractivity contribution in [2.45, 2.75) is 32.9 Å². The number of nitrogens with one attached hydrogen (secondary N) is 1. The highest BCUT2D eigenvalue weighted by Crippen LogP contribution is 2.42. The molecule has 0 bridgehead atoms. The molecule has 8 nitrogen and oxygen atoms in total. The van der Waals surface area contributed by atoms with Gasteiger partial charge in [-0.1, -0.05) is 6.07 Å². The second kappa shape index (κ2) is 8.58. The summed E-state index contributed by atoms with van der Waals surface area (Å²) in [5, 5.41) is 15.4. The van der Waals surface area contributed by atoms with Crippen molar-refractivity contribution in [1.82, 2.24) is 19.8 Å². The Morgan fingerprint density at radius 3 is 2.66 bits per heavy atom. The minimum atomic E-state index is -0.422. The highest BCUT2D eigenvalue weighted by molar-refractivity contribution is 7.80. The van der Waals surface area contributed by atoms with Crippen LogP contribution < -0.4 is 10.1 Å². The quantitative estimate of drug-likeness (QED) is 0.338. The number of aromatic nitrogens is 2. The average molecular weight is 452 g/mol. The largest absolute Gasteiger partial charge is 0.494 e. The number of ether oxygens (including phenoxy) is 1. The third kappa shape index (κ3) is 3.58. The number of non-ortho nitro benzene ring substituents is 1. The number of hydrogen-bond acceptors (Lipinski definition) is 5. The zero-order valence-corrected chi connectivity index (χ0v) is 19.2. The number of nitro groups is 1. The van der Waals surface area contributed by atoms with Crippen molar-refractivity contribution >= 4 is 23.0 Å². The molecule has 0 unspecified atom stereocenters. The topological polar surface area (TPSA) is 85.5 Å². The Hall–Kier alpha value is -3.46. The third-order valence-corrected chi connectivity index (χ3v) is 6.29. The molecular weight excluding hydrogens is 426 g/mol. The van der Waals surface area contributed by atoms with Crippen LogP contribution in [0.5, 0.6) is 5.75 Å². The molecule has 1 saturated heterocycles. The van der Waals surface area contributed by atoms with Gasteiger partial charge in [0.15, 0.2) is 5.11 Å². The molecule has 2 aromatic heterocycles. The number of pyridine rings is 1.